The van der Waals surface area contributed by atoms with Crippen LogP contribution in [0.1, 0.15) is 12.5 Å². The van der Waals surface area contributed by atoms with Crippen molar-refractivity contribution in [2.45, 2.75) is 20.0 Å². The van der Waals surface area contributed by atoms with E-state index in [1.54, 1.807) is 0 Å². The second-order valence-corrected chi connectivity index (χ2v) is 2.73. The Morgan fingerprint density at radius 1 is 1.50 bits per heavy atom. The molecule has 2 N–H and O–H groups in total. The molecule has 0 saturated heterocycles. The molecule has 0 aliphatic carbocycles. The molecule has 0 spiro atoms. The van der Waals surface area contributed by atoms with Crippen LogP contribution in [-0.4, -0.2) is 14.2 Å². The molecule has 0 radical (unpaired) electrons. The Bertz CT molecular complexity index is 351. The minimum Gasteiger partial charge on any atom is -0.331 e. The van der Waals surface area contributed by atoms with Crippen molar-refractivity contribution >= 4 is 5.65 Å². The van der Waals surface area contributed by atoms with Crippen LogP contribution >= 0.6 is 0 Å². The van der Waals surface area contributed by atoms with E-state index in [-0.39, 0.29) is 0 Å². The van der Waals surface area contributed by atoms with Crippen LogP contribution in [-0.2, 0) is 13.1 Å². The predicted octanol–water partition coefficient (Wildman–Crippen LogP) is 0.614. The second-order valence-electron chi connectivity index (χ2n) is 2.73. The van der Waals surface area contributed by atoms with Crippen LogP contribution in [0.15, 0.2) is 18.6 Å². The fourth-order valence-electron chi connectivity index (χ4n) is 1.43. The highest BCUT2D eigenvalue weighted by Crippen LogP contribution is 2.10. The molecule has 2 heterocycles. The Morgan fingerprint density at radius 2 is 2.33 bits per heavy atom. The Morgan fingerprint density at radius 3 is 3.00 bits per heavy atom. The van der Waals surface area contributed by atoms with Crippen molar-refractivity contribution in [3.8, 4) is 0 Å². The van der Waals surface area contributed by atoms with E-state index >= 15 is 0 Å². The zero-order valence-electron chi connectivity index (χ0n) is 7.07. The van der Waals surface area contributed by atoms with E-state index in [2.05, 4.69) is 16.6 Å². The highest BCUT2D eigenvalue weighted by molar-refractivity contribution is 5.47. The highest BCUT2D eigenvalue weighted by atomic mass is 15.3. The Hall–Kier alpha value is -1.29. The first kappa shape index (κ1) is 7.36. The number of aromatic nitrogens is 3. The number of nitrogens with two attached hydrogens (primary N) is 1. The van der Waals surface area contributed by atoms with Gasteiger partial charge in [-0.15, -0.1) is 0 Å². The molecule has 2 aromatic rings. The van der Waals surface area contributed by atoms with Crippen LogP contribution in [0.3, 0.4) is 0 Å². The summed E-state index contributed by atoms with van der Waals surface area (Å²) in [5, 5.41) is 4.17. The summed E-state index contributed by atoms with van der Waals surface area (Å²) in [5.74, 6) is 0. The molecule has 0 saturated carbocycles. The highest BCUT2D eigenvalue weighted by Gasteiger charge is 2.05. The van der Waals surface area contributed by atoms with Crippen molar-refractivity contribution in [2.75, 3.05) is 0 Å². The van der Waals surface area contributed by atoms with Crippen molar-refractivity contribution in [3.05, 3.63) is 24.2 Å². The van der Waals surface area contributed by atoms with Crippen LogP contribution in [0.4, 0.5) is 0 Å². The van der Waals surface area contributed by atoms with E-state index in [0.29, 0.717) is 6.54 Å². The first-order valence-corrected chi connectivity index (χ1v) is 4.08. The summed E-state index contributed by atoms with van der Waals surface area (Å²) in [6, 6.07) is 0. The molecular weight excluding hydrogens is 152 g/mol. The molecule has 12 heavy (non-hydrogen) atoms. The molecule has 0 aliphatic rings. The van der Waals surface area contributed by atoms with Gasteiger partial charge in [0.1, 0.15) is 5.65 Å². The van der Waals surface area contributed by atoms with Gasteiger partial charge in [0.2, 0.25) is 0 Å². The summed E-state index contributed by atoms with van der Waals surface area (Å²) in [4.78, 5) is 0. The van der Waals surface area contributed by atoms with Gasteiger partial charge in [0, 0.05) is 31.0 Å². The maximum absolute atomic E-state index is 5.58. The fraction of sp³-hybridized carbons (Fsp3) is 0.375. The molecule has 2 aromatic heterocycles. The third-order valence-corrected chi connectivity index (χ3v) is 2.06. The molecule has 4 nitrogen and oxygen atoms in total. The van der Waals surface area contributed by atoms with Crippen LogP contribution in [0.25, 0.3) is 5.65 Å². The number of hydrogen-bond donors (Lipinski definition) is 1. The molecule has 4 heteroatoms. The van der Waals surface area contributed by atoms with Gasteiger partial charge in [0.05, 0.1) is 6.20 Å². The van der Waals surface area contributed by atoms with Crippen molar-refractivity contribution in [3.63, 3.8) is 0 Å². The topological polar surface area (TPSA) is 48.2 Å². The molecule has 2 rings (SSSR count). The third kappa shape index (κ3) is 0.848. The fourth-order valence-corrected chi connectivity index (χ4v) is 1.43. The maximum Gasteiger partial charge on any atom is 0.140 e. The van der Waals surface area contributed by atoms with Gasteiger partial charge in [-0.2, -0.15) is 5.10 Å². The van der Waals surface area contributed by atoms with Gasteiger partial charge in [-0.25, -0.2) is 4.52 Å². The average molecular weight is 164 g/mol. The largest absolute Gasteiger partial charge is 0.331 e. The zero-order valence-corrected chi connectivity index (χ0v) is 7.07. The van der Waals surface area contributed by atoms with E-state index in [1.807, 2.05) is 23.1 Å². The number of nitrogens with zero attached hydrogens (tertiary/aromatic N) is 3. The third-order valence-electron chi connectivity index (χ3n) is 2.06. The molecule has 0 unspecified atom stereocenters. The normalized spacial score (nSPS) is 11.2. The number of imidazole rings is 1. The van der Waals surface area contributed by atoms with Gasteiger partial charge < -0.3 is 10.3 Å². The van der Waals surface area contributed by atoms with Crippen LogP contribution in [0, 0.1) is 0 Å². The van der Waals surface area contributed by atoms with E-state index < -0.39 is 0 Å². The minimum absolute atomic E-state index is 0.549. The molecular formula is C8H12N4. The van der Waals surface area contributed by atoms with E-state index in [1.165, 1.54) is 0 Å². The van der Waals surface area contributed by atoms with Gasteiger partial charge in [-0.3, -0.25) is 0 Å². The lowest BCUT2D eigenvalue weighted by Crippen LogP contribution is -1.99. The first-order chi connectivity index (χ1) is 5.86. The number of hydrogen-bond acceptors (Lipinski definition) is 2. The summed E-state index contributed by atoms with van der Waals surface area (Å²) in [5.41, 5.74) is 7.79. The summed E-state index contributed by atoms with van der Waals surface area (Å²) in [6.07, 6.45) is 5.78. The van der Waals surface area contributed by atoms with E-state index in [0.717, 1.165) is 17.8 Å². The molecule has 0 amide bonds. The lowest BCUT2D eigenvalue weighted by atomic mass is 10.3. The number of rotatable bonds is 2. The minimum atomic E-state index is 0.549. The molecule has 64 valence electrons. The maximum atomic E-state index is 5.58. The summed E-state index contributed by atoms with van der Waals surface area (Å²) in [6.45, 7) is 3.61. The number of fused-ring (bicyclic) bond motifs is 1. The molecule has 0 aromatic carbocycles. The van der Waals surface area contributed by atoms with E-state index in [4.69, 9.17) is 5.73 Å². The Labute approximate surface area is 70.6 Å². The second kappa shape index (κ2) is 2.64. The summed E-state index contributed by atoms with van der Waals surface area (Å²) in [7, 11) is 0. The van der Waals surface area contributed by atoms with Gasteiger partial charge >= 0.3 is 0 Å². The number of aryl methyl sites for hydroxylation is 1. The predicted molar refractivity (Wildman–Crippen MR) is 46.7 cm³/mol. The van der Waals surface area contributed by atoms with Gasteiger partial charge in [-0.1, -0.05) is 0 Å². The van der Waals surface area contributed by atoms with Crippen molar-refractivity contribution < 1.29 is 0 Å². The summed E-state index contributed by atoms with van der Waals surface area (Å²) >= 11 is 0. The van der Waals surface area contributed by atoms with Crippen LogP contribution in [0.5, 0.6) is 0 Å². The molecule has 0 aliphatic heterocycles. The van der Waals surface area contributed by atoms with Gasteiger partial charge in [0.25, 0.3) is 0 Å². The van der Waals surface area contributed by atoms with E-state index in [9.17, 15) is 0 Å². The molecule has 0 fully saturated rings. The lowest BCUT2D eigenvalue weighted by Gasteiger charge is -1.98. The molecule has 0 bridgehead atoms. The average Bonchev–Trinajstić information content (AvgIpc) is 2.62. The first-order valence-electron chi connectivity index (χ1n) is 4.08. The quantitative estimate of drug-likeness (QED) is 0.707. The molecule has 0 atom stereocenters. The standard InChI is InChI=1S/C8H12N4/c1-2-11-3-4-12-8(11)7(5-9)6-10-12/h3-4,6H,2,5,9H2,1H3. The Kier molecular flexibility index (Phi) is 1.62. The zero-order chi connectivity index (χ0) is 8.55. The van der Waals surface area contributed by atoms with Crippen molar-refractivity contribution in [1.29, 1.82) is 0 Å². The lowest BCUT2D eigenvalue weighted by molar-refractivity contribution is 0.784. The smallest absolute Gasteiger partial charge is 0.140 e. The van der Waals surface area contributed by atoms with Crippen LogP contribution in [0.2, 0.25) is 0 Å². The SMILES string of the molecule is CCn1ccn2ncc(CN)c12. The Balaban J connectivity index is 2.70. The van der Waals surface area contributed by atoms with Gasteiger partial charge in [0.15, 0.2) is 0 Å². The van der Waals surface area contributed by atoms with Crippen molar-refractivity contribution in [2.24, 2.45) is 5.73 Å². The van der Waals surface area contributed by atoms with Gasteiger partial charge in [-0.05, 0) is 6.92 Å². The monoisotopic (exact) mass is 164 g/mol. The van der Waals surface area contributed by atoms with Crippen LogP contribution < -0.4 is 5.73 Å². The summed E-state index contributed by atoms with van der Waals surface area (Å²) < 4.78 is 3.99. The van der Waals surface area contributed by atoms with Crippen molar-refractivity contribution in [1.82, 2.24) is 14.2 Å².